The van der Waals surface area contributed by atoms with Crippen LogP contribution in [0.3, 0.4) is 0 Å². The molecule has 0 saturated carbocycles. The van der Waals surface area contributed by atoms with E-state index in [4.69, 9.17) is 11.6 Å². The van der Waals surface area contributed by atoms with Gasteiger partial charge in [-0.2, -0.15) is 0 Å². The molecular formula is C17H14ClFN4OS. The average Bonchev–Trinajstić information content (AvgIpc) is 3.03. The number of pyridine rings is 1. The van der Waals surface area contributed by atoms with Crippen LogP contribution < -0.4 is 10.6 Å². The molecule has 2 heterocycles. The predicted molar refractivity (Wildman–Crippen MR) is 96.6 cm³/mol. The van der Waals surface area contributed by atoms with Crippen molar-refractivity contribution in [3.8, 4) is 0 Å². The fourth-order valence-electron chi connectivity index (χ4n) is 2.07. The number of nitrogens with one attached hydrogen (secondary N) is 2. The van der Waals surface area contributed by atoms with Crippen LogP contribution in [-0.2, 0) is 17.8 Å². The second-order valence-corrected chi connectivity index (χ2v) is 6.47. The SMILES string of the molecule is O=C(Cc1csc(Nc2ccc(Cl)cn2)n1)NCc1ccccc1F. The number of rotatable bonds is 6. The van der Waals surface area contributed by atoms with E-state index in [0.29, 0.717) is 27.2 Å². The van der Waals surface area contributed by atoms with Gasteiger partial charge in [0, 0.05) is 23.7 Å². The van der Waals surface area contributed by atoms with E-state index >= 15 is 0 Å². The molecular weight excluding hydrogens is 363 g/mol. The molecule has 0 aliphatic heterocycles. The molecule has 0 aliphatic carbocycles. The van der Waals surface area contributed by atoms with E-state index < -0.39 is 0 Å². The fourth-order valence-corrected chi connectivity index (χ4v) is 2.90. The number of thiazole rings is 1. The Bertz CT molecular complexity index is 869. The van der Waals surface area contributed by atoms with Crippen LogP contribution in [0.4, 0.5) is 15.3 Å². The molecule has 2 N–H and O–H groups in total. The number of aromatic nitrogens is 2. The third kappa shape index (κ3) is 4.98. The lowest BCUT2D eigenvalue weighted by Crippen LogP contribution is -2.25. The van der Waals surface area contributed by atoms with Crippen LogP contribution in [0.1, 0.15) is 11.3 Å². The topological polar surface area (TPSA) is 66.9 Å². The molecule has 0 radical (unpaired) electrons. The number of hydrogen-bond donors (Lipinski definition) is 2. The Balaban J connectivity index is 1.53. The van der Waals surface area contributed by atoms with E-state index in [1.54, 1.807) is 35.7 Å². The quantitative estimate of drug-likeness (QED) is 0.684. The van der Waals surface area contributed by atoms with Gasteiger partial charge in [-0.25, -0.2) is 14.4 Å². The highest BCUT2D eigenvalue weighted by Crippen LogP contribution is 2.20. The van der Waals surface area contributed by atoms with Crippen LogP contribution in [0.15, 0.2) is 48.0 Å². The Labute approximate surface area is 152 Å². The van der Waals surface area contributed by atoms with E-state index in [0.717, 1.165) is 0 Å². The molecule has 0 atom stereocenters. The predicted octanol–water partition coefficient (Wildman–Crippen LogP) is 3.93. The molecule has 5 nitrogen and oxygen atoms in total. The number of amides is 1. The zero-order chi connectivity index (χ0) is 17.6. The van der Waals surface area contributed by atoms with E-state index in [9.17, 15) is 9.18 Å². The Morgan fingerprint density at radius 2 is 2.08 bits per heavy atom. The summed E-state index contributed by atoms with van der Waals surface area (Å²) in [5.74, 6) is 0.0671. The summed E-state index contributed by atoms with van der Waals surface area (Å²) >= 11 is 7.16. The maximum Gasteiger partial charge on any atom is 0.226 e. The zero-order valence-corrected chi connectivity index (χ0v) is 14.6. The largest absolute Gasteiger partial charge is 0.352 e. The molecule has 0 spiro atoms. The van der Waals surface area contributed by atoms with Crippen LogP contribution in [0.5, 0.6) is 0 Å². The molecule has 8 heteroatoms. The van der Waals surface area contributed by atoms with Crippen molar-refractivity contribution in [1.29, 1.82) is 0 Å². The Kier molecular flexibility index (Phi) is 5.57. The number of carbonyl (C=O) groups excluding carboxylic acids is 1. The fraction of sp³-hybridized carbons (Fsp3) is 0.118. The molecule has 0 bridgehead atoms. The van der Waals surface area contributed by atoms with Gasteiger partial charge in [-0.15, -0.1) is 11.3 Å². The third-order valence-electron chi connectivity index (χ3n) is 3.29. The minimum Gasteiger partial charge on any atom is -0.352 e. The summed E-state index contributed by atoms with van der Waals surface area (Å²) in [6.45, 7) is 0.148. The standard InChI is InChI=1S/C17H14ClFN4OS/c18-12-5-6-15(20-9-12)23-17-22-13(10-25-17)7-16(24)21-8-11-3-1-2-4-14(11)19/h1-6,9-10H,7-8H2,(H,21,24)(H,20,22,23). The van der Waals surface area contributed by atoms with Gasteiger partial charge in [0.2, 0.25) is 5.91 Å². The molecule has 0 aliphatic rings. The van der Waals surface area contributed by atoms with Crippen molar-refractivity contribution >= 4 is 39.8 Å². The van der Waals surface area contributed by atoms with Crippen LogP contribution >= 0.6 is 22.9 Å². The van der Waals surface area contributed by atoms with Gasteiger partial charge in [-0.05, 0) is 18.2 Å². The van der Waals surface area contributed by atoms with E-state index in [1.807, 2.05) is 0 Å². The van der Waals surface area contributed by atoms with Crippen molar-refractivity contribution < 1.29 is 9.18 Å². The van der Waals surface area contributed by atoms with Crippen LogP contribution in [0.2, 0.25) is 5.02 Å². The molecule has 1 amide bonds. The molecule has 128 valence electrons. The van der Waals surface area contributed by atoms with Crippen LogP contribution in [0.25, 0.3) is 0 Å². The van der Waals surface area contributed by atoms with Gasteiger partial charge >= 0.3 is 0 Å². The summed E-state index contributed by atoms with van der Waals surface area (Å²) < 4.78 is 13.5. The number of benzene rings is 1. The van der Waals surface area contributed by atoms with E-state index in [1.165, 1.54) is 23.6 Å². The molecule has 2 aromatic heterocycles. The molecule has 0 fully saturated rings. The lowest BCUT2D eigenvalue weighted by Gasteiger charge is -2.05. The first kappa shape index (κ1) is 17.3. The first-order valence-corrected chi connectivity index (χ1v) is 8.69. The molecule has 3 aromatic rings. The number of anilines is 2. The van der Waals surface area contributed by atoms with Crippen molar-refractivity contribution in [3.05, 3.63) is 70.1 Å². The smallest absolute Gasteiger partial charge is 0.226 e. The van der Waals surface area contributed by atoms with E-state index in [2.05, 4.69) is 20.6 Å². The Hall–Kier alpha value is -2.51. The highest BCUT2D eigenvalue weighted by atomic mass is 35.5. The van der Waals surface area contributed by atoms with Gasteiger partial charge in [-0.3, -0.25) is 4.79 Å². The maximum atomic E-state index is 13.5. The van der Waals surface area contributed by atoms with E-state index in [-0.39, 0.29) is 24.7 Å². The number of hydrogen-bond acceptors (Lipinski definition) is 5. The minimum absolute atomic E-state index is 0.126. The Morgan fingerprint density at radius 3 is 2.84 bits per heavy atom. The number of carbonyl (C=O) groups is 1. The second-order valence-electron chi connectivity index (χ2n) is 5.18. The lowest BCUT2D eigenvalue weighted by molar-refractivity contribution is -0.120. The van der Waals surface area contributed by atoms with Crippen molar-refractivity contribution in [2.24, 2.45) is 0 Å². The summed E-state index contributed by atoms with van der Waals surface area (Å²) in [4.78, 5) is 20.4. The van der Waals surface area contributed by atoms with Crippen molar-refractivity contribution in [2.75, 3.05) is 5.32 Å². The molecule has 25 heavy (non-hydrogen) atoms. The summed E-state index contributed by atoms with van der Waals surface area (Å²) in [5.41, 5.74) is 1.08. The second kappa shape index (κ2) is 8.04. The zero-order valence-electron chi connectivity index (χ0n) is 13.0. The average molecular weight is 377 g/mol. The van der Waals surface area contributed by atoms with Gasteiger partial charge in [-0.1, -0.05) is 29.8 Å². The molecule has 3 rings (SSSR count). The first-order chi connectivity index (χ1) is 12.1. The van der Waals surface area contributed by atoms with Gasteiger partial charge in [0.25, 0.3) is 0 Å². The van der Waals surface area contributed by atoms with Crippen molar-refractivity contribution in [2.45, 2.75) is 13.0 Å². The lowest BCUT2D eigenvalue weighted by atomic mass is 10.2. The number of nitrogens with zero attached hydrogens (tertiary/aromatic N) is 2. The summed E-state index contributed by atoms with van der Waals surface area (Å²) in [6, 6.07) is 9.81. The summed E-state index contributed by atoms with van der Waals surface area (Å²) in [5, 5.41) is 8.71. The molecule has 0 unspecified atom stereocenters. The van der Waals surface area contributed by atoms with Gasteiger partial charge in [0.15, 0.2) is 5.13 Å². The number of halogens is 2. The first-order valence-electron chi connectivity index (χ1n) is 7.43. The van der Waals surface area contributed by atoms with Gasteiger partial charge < -0.3 is 10.6 Å². The van der Waals surface area contributed by atoms with Crippen molar-refractivity contribution in [1.82, 2.24) is 15.3 Å². The van der Waals surface area contributed by atoms with Gasteiger partial charge in [0.05, 0.1) is 17.1 Å². The summed E-state index contributed by atoms with van der Waals surface area (Å²) in [7, 11) is 0. The highest BCUT2D eigenvalue weighted by Gasteiger charge is 2.09. The monoisotopic (exact) mass is 376 g/mol. The molecule has 0 saturated heterocycles. The normalized spacial score (nSPS) is 10.5. The van der Waals surface area contributed by atoms with Crippen LogP contribution in [0, 0.1) is 5.82 Å². The highest BCUT2D eigenvalue weighted by molar-refractivity contribution is 7.13. The molecule has 1 aromatic carbocycles. The van der Waals surface area contributed by atoms with Crippen molar-refractivity contribution in [3.63, 3.8) is 0 Å². The Morgan fingerprint density at radius 1 is 1.24 bits per heavy atom. The summed E-state index contributed by atoms with van der Waals surface area (Å²) in [6.07, 6.45) is 1.66. The minimum atomic E-state index is -0.335. The third-order valence-corrected chi connectivity index (χ3v) is 4.32. The van der Waals surface area contributed by atoms with Gasteiger partial charge in [0.1, 0.15) is 11.6 Å². The maximum absolute atomic E-state index is 13.5. The van der Waals surface area contributed by atoms with Crippen LogP contribution in [-0.4, -0.2) is 15.9 Å².